The van der Waals surface area contributed by atoms with Gasteiger partial charge in [0.2, 0.25) is 0 Å². The second kappa shape index (κ2) is 12.1. The molecular weight excluding hydrogens is 510 g/mol. The van der Waals surface area contributed by atoms with Crippen LogP contribution < -0.4 is 5.56 Å². The summed E-state index contributed by atoms with van der Waals surface area (Å²) in [5.74, 6) is 0.602. The summed E-state index contributed by atoms with van der Waals surface area (Å²) in [4.78, 5) is 23.6. The van der Waals surface area contributed by atoms with E-state index in [9.17, 15) is 4.79 Å². The molecule has 8 nitrogen and oxygen atoms in total. The second-order valence-electron chi connectivity index (χ2n) is 10.2. The molecule has 3 aromatic heterocycles. The summed E-state index contributed by atoms with van der Waals surface area (Å²) < 4.78 is 1.80. The van der Waals surface area contributed by atoms with Crippen molar-refractivity contribution in [3.05, 3.63) is 153 Å². The highest BCUT2D eigenvalue weighted by Crippen LogP contribution is 2.30. The van der Waals surface area contributed by atoms with Gasteiger partial charge in [-0.25, -0.2) is 4.68 Å². The van der Waals surface area contributed by atoms with Crippen LogP contribution in [0.15, 0.2) is 114 Å². The average Bonchev–Trinajstić information content (AvgIpc) is 3.46. The summed E-state index contributed by atoms with van der Waals surface area (Å²) in [5.41, 5.74) is 5.66. The fraction of sp³-hybridized carbons (Fsp3) is 0.182. The van der Waals surface area contributed by atoms with Gasteiger partial charge in [0, 0.05) is 36.6 Å². The molecule has 6 rings (SSSR count). The van der Waals surface area contributed by atoms with Crippen LogP contribution >= 0.6 is 0 Å². The molecule has 0 aliphatic rings. The minimum absolute atomic E-state index is 0.162. The van der Waals surface area contributed by atoms with Crippen LogP contribution in [0.4, 0.5) is 0 Å². The van der Waals surface area contributed by atoms with Crippen LogP contribution in [-0.4, -0.2) is 35.1 Å². The Morgan fingerprint density at radius 1 is 0.829 bits per heavy atom. The van der Waals surface area contributed by atoms with Crippen molar-refractivity contribution in [2.45, 2.75) is 39.0 Å². The van der Waals surface area contributed by atoms with Gasteiger partial charge in [0.25, 0.3) is 5.56 Å². The third-order valence-corrected chi connectivity index (χ3v) is 7.32. The second-order valence-corrected chi connectivity index (χ2v) is 10.2. The van der Waals surface area contributed by atoms with Gasteiger partial charge in [0.05, 0.1) is 6.54 Å². The number of aromatic amines is 1. The number of nitrogens with one attached hydrogen (secondary N) is 1. The number of nitrogens with zero attached hydrogens (tertiary/aromatic N) is 6. The molecule has 0 radical (unpaired) electrons. The Labute approximate surface area is 238 Å². The highest BCUT2D eigenvalue weighted by Gasteiger charge is 2.31. The fourth-order valence-corrected chi connectivity index (χ4v) is 5.25. The van der Waals surface area contributed by atoms with Crippen molar-refractivity contribution in [3.8, 4) is 0 Å². The van der Waals surface area contributed by atoms with E-state index in [-0.39, 0.29) is 5.56 Å². The lowest BCUT2D eigenvalue weighted by molar-refractivity contribution is 0.194. The molecule has 1 N–H and O–H groups in total. The summed E-state index contributed by atoms with van der Waals surface area (Å²) in [6, 6.07) is 32.0. The maximum Gasteiger partial charge on any atom is 0.253 e. The van der Waals surface area contributed by atoms with Gasteiger partial charge >= 0.3 is 0 Å². The first-order chi connectivity index (χ1) is 20.2. The van der Waals surface area contributed by atoms with E-state index in [1.54, 1.807) is 10.9 Å². The van der Waals surface area contributed by atoms with Crippen LogP contribution in [0.1, 0.15) is 46.6 Å². The van der Waals surface area contributed by atoms with Gasteiger partial charge in [0.15, 0.2) is 5.82 Å². The molecule has 0 aliphatic carbocycles. The smallest absolute Gasteiger partial charge is 0.253 e. The monoisotopic (exact) mass is 541 g/mol. The predicted molar refractivity (Wildman–Crippen MR) is 159 cm³/mol. The van der Waals surface area contributed by atoms with Crippen molar-refractivity contribution in [1.82, 2.24) is 35.1 Å². The summed E-state index contributed by atoms with van der Waals surface area (Å²) in [7, 11) is 0. The Morgan fingerprint density at radius 3 is 2.29 bits per heavy atom. The molecule has 0 saturated carbocycles. The van der Waals surface area contributed by atoms with Gasteiger partial charge in [-0.15, -0.1) is 5.10 Å². The van der Waals surface area contributed by atoms with Gasteiger partial charge < -0.3 is 4.98 Å². The number of pyridine rings is 2. The first-order valence-electron chi connectivity index (χ1n) is 13.8. The quantitative estimate of drug-likeness (QED) is 0.253. The molecule has 8 heteroatoms. The molecule has 41 heavy (non-hydrogen) atoms. The molecule has 204 valence electrons. The Kier molecular flexibility index (Phi) is 7.73. The molecular formula is C33H31N7O. The Hall–Kier alpha value is -4.95. The van der Waals surface area contributed by atoms with Crippen LogP contribution in [-0.2, 0) is 26.1 Å². The summed E-state index contributed by atoms with van der Waals surface area (Å²) in [6.45, 7) is 3.73. The number of hydrogen-bond acceptors (Lipinski definition) is 6. The van der Waals surface area contributed by atoms with Crippen LogP contribution in [0.3, 0.4) is 0 Å². The first kappa shape index (κ1) is 26.3. The summed E-state index contributed by atoms with van der Waals surface area (Å²) >= 11 is 0. The van der Waals surface area contributed by atoms with Gasteiger partial charge in [-0.3, -0.25) is 14.7 Å². The number of aromatic nitrogens is 6. The zero-order valence-corrected chi connectivity index (χ0v) is 22.9. The van der Waals surface area contributed by atoms with E-state index in [2.05, 4.69) is 61.6 Å². The standard InChI is InChI=1S/C33H31N7O/c1-2-24-15-16-30-28(18-24)19-29(33(41)35-30)31(32-36-37-38-40(32)23-26-12-7-4-8-13-26)39(21-25-10-5-3-6-11-25)22-27-14-9-17-34-20-27/h3-20,31H,2,21-23H2,1H3,(H,35,41)/t31-/m0/s1. The number of tetrazole rings is 1. The number of aryl methyl sites for hydroxylation is 1. The van der Waals surface area contributed by atoms with E-state index in [1.165, 1.54) is 5.56 Å². The van der Waals surface area contributed by atoms with Crippen LogP contribution in [0.2, 0.25) is 0 Å². The predicted octanol–water partition coefficient (Wildman–Crippen LogP) is 5.31. The fourth-order valence-electron chi connectivity index (χ4n) is 5.25. The lowest BCUT2D eigenvalue weighted by Crippen LogP contribution is -2.35. The van der Waals surface area contributed by atoms with E-state index in [0.717, 1.165) is 34.0 Å². The van der Waals surface area contributed by atoms with Crippen molar-refractivity contribution in [2.24, 2.45) is 0 Å². The van der Waals surface area contributed by atoms with Gasteiger partial charge in [-0.2, -0.15) is 0 Å². The van der Waals surface area contributed by atoms with E-state index in [4.69, 9.17) is 0 Å². The topological polar surface area (TPSA) is 92.6 Å². The minimum atomic E-state index is -0.535. The summed E-state index contributed by atoms with van der Waals surface area (Å²) in [5, 5.41) is 14.0. The van der Waals surface area contributed by atoms with Gasteiger partial charge in [-0.1, -0.05) is 79.7 Å². The van der Waals surface area contributed by atoms with E-state index >= 15 is 0 Å². The molecule has 0 amide bonds. The molecule has 0 fully saturated rings. The SMILES string of the molecule is CCc1ccc2[nH]c(=O)c([C@@H](c3nnnn3Cc3ccccc3)N(Cc3ccccc3)Cc3cccnc3)cc2c1. The number of fused-ring (bicyclic) bond motifs is 1. The highest BCUT2D eigenvalue weighted by atomic mass is 16.1. The zero-order valence-electron chi connectivity index (χ0n) is 22.9. The van der Waals surface area contributed by atoms with Gasteiger partial charge in [-0.05, 0) is 68.8 Å². The third-order valence-electron chi connectivity index (χ3n) is 7.32. The maximum atomic E-state index is 13.8. The van der Waals surface area contributed by atoms with E-state index in [1.807, 2.05) is 79.0 Å². The van der Waals surface area contributed by atoms with Crippen LogP contribution in [0, 0.1) is 0 Å². The van der Waals surface area contributed by atoms with Crippen molar-refractivity contribution in [2.75, 3.05) is 0 Å². The first-order valence-corrected chi connectivity index (χ1v) is 13.8. The molecule has 3 aromatic carbocycles. The lowest BCUT2D eigenvalue weighted by atomic mass is 10.0. The molecule has 0 saturated heterocycles. The largest absolute Gasteiger partial charge is 0.322 e. The zero-order chi connectivity index (χ0) is 28.0. The third kappa shape index (κ3) is 5.97. The lowest BCUT2D eigenvalue weighted by Gasteiger charge is -2.31. The Balaban J connectivity index is 1.53. The molecule has 0 spiro atoms. The van der Waals surface area contributed by atoms with Gasteiger partial charge in [0.1, 0.15) is 6.04 Å². The Bertz CT molecular complexity index is 1740. The highest BCUT2D eigenvalue weighted by molar-refractivity contribution is 5.80. The molecule has 6 aromatic rings. The normalized spacial score (nSPS) is 12.1. The van der Waals surface area contributed by atoms with Crippen molar-refractivity contribution < 1.29 is 0 Å². The van der Waals surface area contributed by atoms with Crippen molar-refractivity contribution in [1.29, 1.82) is 0 Å². The number of rotatable bonds is 10. The molecule has 0 aliphatic heterocycles. The number of benzene rings is 3. The molecule has 3 heterocycles. The molecule has 0 unspecified atom stereocenters. The minimum Gasteiger partial charge on any atom is -0.322 e. The number of hydrogen-bond donors (Lipinski definition) is 1. The number of H-pyrrole nitrogens is 1. The molecule has 0 bridgehead atoms. The Morgan fingerprint density at radius 2 is 1.56 bits per heavy atom. The van der Waals surface area contributed by atoms with Crippen molar-refractivity contribution >= 4 is 10.9 Å². The average molecular weight is 542 g/mol. The van der Waals surface area contributed by atoms with Crippen LogP contribution in [0.5, 0.6) is 0 Å². The maximum absolute atomic E-state index is 13.8. The van der Waals surface area contributed by atoms with E-state index in [0.29, 0.717) is 31.0 Å². The molecule has 1 atom stereocenters. The summed E-state index contributed by atoms with van der Waals surface area (Å²) in [6.07, 6.45) is 4.53. The van der Waals surface area contributed by atoms with Crippen molar-refractivity contribution in [3.63, 3.8) is 0 Å². The van der Waals surface area contributed by atoms with E-state index < -0.39 is 6.04 Å². The van der Waals surface area contributed by atoms with Crippen LogP contribution in [0.25, 0.3) is 10.9 Å².